The van der Waals surface area contributed by atoms with Crippen LogP contribution in [0.4, 0.5) is 4.79 Å². The Hall–Kier alpha value is -1.38. The SMILES string of the molecule is CC(C)(C)OC(=O)S(=O)(=O)c1ccccc1B(O)O. The maximum absolute atomic E-state index is 12.0. The lowest BCUT2D eigenvalue weighted by atomic mass is 9.80. The standard InChI is InChI=1S/C11H15BO6S/c1-11(2,3)18-10(13)19(16,17)9-7-5-4-6-8(9)12(14)15/h4-7,14-15H,1-3H3. The molecule has 19 heavy (non-hydrogen) atoms. The Labute approximate surface area is 112 Å². The summed E-state index contributed by atoms with van der Waals surface area (Å²) in [7, 11) is -6.42. The minimum absolute atomic E-state index is 0.270. The van der Waals surface area contributed by atoms with Gasteiger partial charge in [-0.05, 0) is 26.8 Å². The van der Waals surface area contributed by atoms with E-state index in [2.05, 4.69) is 0 Å². The van der Waals surface area contributed by atoms with E-state index >= 15 is 0 Å². The number of benzene rings is 1. The van der Waals surface area contributed by atoms with Gasteiger partial charge in [-0.2, -0.15) is 0 Å². The molecule has 0 aromatic heterocycles. The van der Waals surface area contributed by atoms with Crippen LogP contribution in [0.3, 0.4) is 0 Å². The monoisotopic (exact) mass is 286 g/mol. The molecule has 2 N–H and O–H groups in total. The highest BCUT2D eigenvalue weighted by Gasteiger charge is 2.34. The van der Waals surface area contributed by atoms with Crippen molar-refractivity contribution in [3.63, 3.8) is 0 Å². The van der Waals surface area contributed by atoms with Gasteiger partial charge in [0.25, 0.3) is 9.84 Å². The molecule has 0 aliphatic rings. The molecule has 1 aromatic carbocycles. The second-order valence-electron chi connectivity index (χ2n) is 4.88. The highest BCUT2D eigenvalue weighted by Crippen LogP contribution is 2.16. The predicted molar refractivity (Wildman–Crippen MR) is 69.7 cm³/mol. The number of rotatable bonds is 2. The van der Waals surface area contributed by atoms with Crippen LogP contribution in [-0.2, 0) is 14.6 Å². The normalized spacial score (nSPS) is 12.1. The van der Waals surface area contributed by atoms with Gasteiger partial charge >= 0.3 is 12.4 Å². The largest absolute Gasteiger partial charge is 0.489 e. The zero-order valence-electron chi connectivity index (χ0n) is 10.8. The number of hydrogen-bond donors (Lipinski definition) is 2. The topological polar surface area (TPSA) is 101 Å². The van der Waals surface area contributed by atoms with Gasteiger partial charge in [0.05, 0.1) is 4.90 Å². The van der Waals surface area contributed by atoms with Crippen molar-refractivity contribution >= 4 is 27.7 Å². The summed E-state index contributed by atoms with van der Waals surface area (Å²) in [6.07, 6.45) is 0. The molecule has 1 rings (SSSR count). The molecule has 1 aromatic rings. The zero-order valence-corrected chi connectivity index (χ0v) is 11.6. The second kappa shape index (κ2) is 5.32. The number of carbonyl (C=O) groups is 1. The van der Waals surface area contributed by atoms with Crippen molar-refractivity contribution in [2.45, 2.75) is 31.3 Å². The Morgan fingerprint density at radius 2 is 1.74 bits per heavy atom. The van der Waals surface area contributed by atoms with E-state index in [1.54, 1.807) is 0 Å². The van der Waals surface area contributed by atoms with Crippen molar-refractivity contribution < 1.29 is 28.0 Å². The smallest absolute Gasteiger partial charge is 0.448 e. The summed E-state index contributed by atoms with van der Waals surface area (Å²) in [4.78, 5) is 11.2. The van der Waals surface area contributed by atoms with Gasteiger partial charge in [0, 0.05) is 5.46 Å². The van der Waals surface area contributed by atoms with E-state index in [0.717, 1.165) is 6.07 Å². The Morgan fingerprint density at radius 1 is 1.21 bits per heavy atom. The minimum atomic E-state index is -4.43. The molecule has 6 nitrogen and oxygen atoms in total. The van der Waals surface area contributed by atoms with Gasteiger partial charge in [0.15, 0.2) is 0 Å². The zero-order chi connectivity index (χ0) is 14.8. The second-order valence-corrected chi connectivity index (χ2v) is 6.66. The van der Waals surface area contributed by atoms with Gasteiger partial charge in [-0.1, -0.05) is 18.2 Å². The van der Waals surface area contributed by atoms with Crippen molar-refractivity contribution in [3.05, 3.63) is 24.3 Å². The third-order valence-corrected chi connectivity index (χ3v) is 3.57. The van der Waals surface area contributed by atoms with E-state index in [-0.39, 0.29) is 5.46 Å². The molecule has 0 amide bonds. The van der Waals surface area contributed by atoms with Crippen LogP contribution in [0.2, 0.25) is 0 Å². The molecule has 0 aliphatic heterocycles. The van der Waals surface area contributed by atoms with Gasteiger partial charge in [0.2, 0.25) is 0 Å². The Kier molecular flexibility index (Phi) is 4.39. The summed E-state index contributed by atoms with van der Waals surface area (Å²) >= 11 is 0. The highest BCUT2D eigenvalue weighted by atomic mass is 32.2. The first-order chi connectivity index (χ1) is 8.55. The van der Waals surface area contributed by atoms with Crippen molar-refractivity contribution in [1.29, 1.82) is 0 Å². The van der Waals surface area contributed by atoms with E-state index in [4.69, 9.17) is 14.8 Å². The Morgan fingerprint density at radius 3 is 2.21 bits per heavy atom. The molecule has 0 saturated heterocycles. The van der Waals surface area contributed by atoms with Crippen LogP contribution in [-0.4, -0.2) is 36.5 Å². The molecular formula is C11H15BO6S. The number of sulfone groups is 1. The molecule has 8 heteroatoms. The predicted octanol–water partition coefficient (Wildman–Crippen LogP) is 0.0752. The molecule has 0 unspecified atom stereocenters. The average molecular weight is 286 g/mol. The third kappa shape index (κ3) is 3.79. The maximum atomic E-state index is 12.0. The van der Waals surface area contributed by atoms with Crippen LogP contribution in [0.1, 0.15) is 20.8 Å². The highest BCUT2D eigenvalue weighted by molar-refractivity contribution is 8.05. The first kappa shape index (κ1) is 15.7. The number of ether oxygens (including phenoxy) is 1. The molecule has 0 heterocycles. The molecule has 0 aliphatic carbocycles. The molecular weight excluding hydrogens is 271 g/mol. The van der Waals surface area contributed by atoms with E-state index in [1.807, 2.05) is 0 Å². The number of carbonyl (C=O) groups excluding carboxylic acids is 1. The first-order valence-electron chi connectivity index (χ1n) is 5.49. The lowest BCUT2D eigenvalue weighted by Gasteiger charge is -2.19. The van der Waals surface area contributed by atoms with Crippen molar-refractivity contribution in [2.24, 2.45) is 0 Å². The summed E-state index contributed by atoms with van der Waals surface area (Å²) in [6, 6.07) is 5.14. The van der Waals surface area contributed by atoms with Crippen LogP contribution in [0.5, 0.6) is 0 Å². The average Bonchev–Trinajstić information content (AvgIpc) is 2.26. The Balaban J connectivity index is 3.25. The molecule has 0 saturated carbocycles. The van der Waals surface area contributed by atoms with Crippen molar-refractivity contribution in [2.75, 3.05) is 0 Å². The fourth-order valence-electron chi connectivity index (χ4n) is 1.33. The van der Waals surface area contributed by atoms with Crippen LogP contribution < -0.4 is 5.46 Å². The summed E-state index contributed by atoms with van der Waals surface area (Å²) in [6.45, 7) is 4.60. The van der Waals surface area contributed by atoms with E-state index < -0.39 is 32.8 Å². The summed E-state index contributed by atoms with van der Waals surface area (Å²) in [5, 5.41) is 16.8. The Bertz CT molecular complexity index is 573. The summed E-state index contributed by atoms with van der Waals surface area (Å²) < 4.78 is 28.9. The van der Waals surface area contributed by atoms with Gasteiger partial charge in [-0.15, -0.1) is 0 Å². The van der Waals surface area contributed by atoms with Crippen molar-refractivity contribution in [1.82, 2.24) is 0 Å². The van der Waals surface area contributed by atoms with Gasteiger partial charge in [-0.3, -0.25) is 0 Å². The summed E-state index contributed by atoms with van der Waals surface area (Å²) in [5.41, 5.74) is -1.23. The van der Waals surface area contributed by atoms with Crippen LogP contribution in [0, 0.1) is 0 Å². The lowest BCUT2D eigenvalue weighted by Crippen LogP contribution is -2.37. The van der Waals surface area contributed by atoms with E-state index in [1.165, 1.54) is 39.0 Å². The lowest BCUT2D eigenvalue weighted by molar-refractivity contribution is 0.0718. The van der Waals surface area contributed by atoms with Gasteiger partial charge < -0.3 is 14.8 Å². The van der Waals surface area contributed by atoms with Crippen LogP contribution in [0.25, 0.3) is 0 Å². The fourth-order valence-corrected chi connectivity index (χ4v) is 2.61. The summed E-state index contributed by atoms with van der Waals surface area (Å²) in [5.74, 6) is 0. The maximum Gasteiger partial charge on any atom is 0.489 e. The first-order valence-corrected chi connectivity index (χ1v) is 6.97. The van der Waals surface area contributed by atoms with E-state index in [9.17, 15) is 13.2 Å². The quantitative estimate of drug-likeness (QED) is 0.589. The fraction of sp³-hybridized carbons (Fsp3) is 0.364. The minimum Gasteiger partial charge on any atom is -0.448 e. The molecule has 0 radical (unpaired) electrons. The molecule has 0 bridgehead atoms. The molecule has 0 atom stereocenters. The molecule has 0 spiro atoms. The van der Waals surface area contributed by atoms with Gasteiger partial charge in [-0.25, -0.2) is 13.2 Å². The number of hydrogen-bond acceptors (Lipinski definition) is 6. The van der Waals surface area contributed by atoms with Gasteiger partial charge in [0.1, 0.15) is 5.60 Å². The van der Waals surface area contributed by atoms with E-state index in [0.29, 0.717) is 0 Å². The molecule has 0 fully saturated rings. The molecule has 104 valence electrons. The van der Waals surface area contributed by atoms with Crippen molar-refractivity contribution in [3.8, 4) is 0 Å². The van der Waals surface area contributed by atoms with Crippen LogP contribution in [0.15, 0.2) is 29.2 Å². The van der Waals surface area contributed by atoms with Crippen LogP contribution >= 0.6 is 0 Å². The third-order valence-electron chi connectivity index (χ3n) is 2.10.